The van der Waals surface area contributed by atoms with Crippen LogP contribution >= 0.6 is 0 Å². The van der Waals surface area contributed by atoms with E-state index in [0.717, 1.165) is 44.5 Å². The average molecular weight is 754 g/mol. The molecule has 6 N–H and O–H groups in total. The van der Waals surface area contributed by atoms with Crippen LogP contribution < -0.4 is 31.7 Å². The van der Waals surface area contributed by atoms with Gasteiger partial charge in [-0.15, -0.1) is 0 Å². The third-order valence-corrected chi connectivity index (χ3v) is 9.86. The van der Waals surface area contributed by atoms with Gasteiger partial charge in [-0.25, -0.2) is 9.59 Å². The molecule has 0 saturated heterocycles. The highest BCUT2D eigenvalue weighted by Crippen LogP contribution is 2.45. The van der Waals surface area contributed by atoms with E-state index in [1.165, 1.54) is 18.2 Å². The third kappa shape index (κ3) is 8.50. The SMILES string of the molecule is NCCOc1cc(C(=O)NCCNC(=O)OCC2c3ccccc3-c3ccccc32)cc(C(=O)NCCNC(=O)OCC2c3ccccc3-c3ccccc32)c1. The van der Waals surface area contributed by atoms with E-state index in [1.54, 1.807) is 0 Å². The summed E-state index contributed by atoms with van der Waals surface area (Å²) in [6.07, 6.45) is -1.18. The Labute approximate surface area is 324 Å². The Morgan fingerprint density at radius 1 is 0.500 bits per heavy atom. The molecule has 56 heavy (non-hydrogen) atoms. The zero-order valence-corrected chi connectivity index (χ0v) is 30.7. The van der Waals surface area contributed by atoms with Gasteiger partial charge in [0.15, 0.2) is 0 Å². The average Bonchev–Trinajstić information content (AvgIpc) is 3.73. The van der Waals surface area contributed by atoms with Gasteiger partial charge in [0.1, 0.15) is 25.6 Å². The molecular formula is C44H43N5O7. The molecule has 7 rings (SSSR count). The number of hydrogen-bond acceptors (Lipinski definition) is 8. The Morgan fingerprint density at radius 3 is 1.23 bits per heavy atom. The Hall–Kier alpha value is -6.66. The van der Waals surface area contributed by atoms with E-state index in [1.807, 2.05) is 48.5 Å². The van der Waals surface area contributed by atoms with Gasteiger partial charge in [0.25, 0.3) is 11.8 Å². The van der Waals surface area contributed by atoms with Crippen LogP contribution in [0.5, 0.6) is 5.75 Å². The van der Waals surface area contributed by atoms with Gasteiger partial charge in [0.2, 0.25) is 0 Å². The molecule has 286 valence electrons. The van der Waals surface area contributed by atoms with Crippen LogP contribution in [0.4, 0.5) is 9.59 Å². The lowest BCUT2D eigenvalue weighted by atomic mass is 9.98. The number of ether oxygens (including phenoxy) is 3. The minimum absolute atomic E-state index is 0.0643. The van der Waals surface area contributed by atoms with Crippen LogP contribution in [0.2, 0.25) is 0 Å². The predicted molar refractivity (Wildman–Crippen MR) is 212 cm³/mol. The van der Waals surface area contributed by atoms with Crippen molar-refractivity contribution in [2.75, 3.05) is 52.5 Å². The van der Waals surface area contributed by atoms with Crippen molar-refractivity contribution in [1.29, 1.82) is 0 Å². The summed E-state index contributed by atoms with van der Waals surface area (Å²) in [7, 11) is 0. The summed E-state index contributed by atoms with van der Waals surface area (Å²) in [5, 5.41) is 10.9. The number of benzene rings is 5. The zero-order chi connectivity index (χ0) is 38.9. The van der Waals surface area contributed by atoms with Gasteiger partial charge in [-0.1, -0.05) is 97.1 Å². The highest BCUT2D eigenvalue weighted by Gasteiger charge is 2.30. The van der Waals surface area contributed by atoms with E-state index >= 15 is 0 Å². The summed E-state index contributed by atoms with van der Waals surface area (Å²) in [6.45, 7) is 1.24. The van der Waals surface area contributed by atoms with Crippen molar-refractivity contribution in [2.24, 2.45) is 5.73 Å². The van der Waals surface area contributed by atoms with Crippen LogP contribution in [-0.4, -0.2) is 76.5 Å². The lowest BCUT2D eigenvalue weighted by Gasteiger charge is -2.15. The van der Waals surface area contributed by atoms with Gasteiger partial charge in [0.05, 0.1) is 0 Å². The lowest BCUT2D eigenvalue weighted by Crippen LogP contribution is -2.36. The van der Waals surface area contributed by atoms with Crippen molar-refractivity contribution in [3.63, 3.8) is 0 Å². The van der Waals surface area contributed by atoms with Crippen LogP contribution in [0.1, 0.15) is 54.8 Å². The third-order valence-electron chi connectivity index (χ3n) is 9.86. The maximum absolute atomic E-state index is 13.1. The fraction of sp³-hybridized carbons (Fsp3) is 0.227. The fourth-order valence-corrected chi connectivity index (χ4v) is 7.31. The van der Waals surface area contributed by atoms with E-state index in [0.29, 0.717) is 5.75 Å². The molecule has 0 radical (unpaired) electrons. The second-order valence-corrected chi connectivity index (χ2v) is 13.4. The molecule has 0 atom stereocenters. The summed E-state index contributed by atoms with van der Waals surface area (Å²) in [5.41, 5.74) is 15.0. The molecule has 0 aliphatic heterocycles. The molecule has 2 aliphatic rings. The quantitative estimate of drug-likeness (QED) is 0.0866. The molecule has 2 aliphatic carbocycles. The first-order valence-corrected chi connectivity index (χ1v) is 18.6. The predicted octanol–water partition coefficient (Wildman–Crippen LogP) is 5.56. The summed E-state index contributed by atoms with van der Waals surface area (Å²) in [6, 6.07) is 36.9. The molecule has 12 nitrogen and oxygen atoms in total. The van der Waals surface area contributed by atoms with Gasteiger partial charge in [-0.05, 0) is 62.7 Å². The first kappa shape index (κ1) is 37.6. The maximum atomic E-state index is 13.1. The molecule has 0 fully saturated rings. The van der Waals surface area contributed by atoms with E-state index in [4.69, 9.17) is 19.9 Å². The Bertz CT molecular complexity index is 2000. The zero-order valence-electron chi connectivity index (χ0n) is 30.7. The molecule has 0 saturated carbocycles. The Morgan fingerprint density at radius 2 is 0.857 bits per heavy atom. The summed E-state index contributed by atoms with van der Waals surface area (Å²) in [4.78, 5) is 51.4. The van der Waals surface area contributed by atoms with E-state index in [2.05, 4.69) is 69.8 Å². The van der Waals surface area contributed by atoms with E-state index in [9.17, 15) is 19.2 Å². The van der Waals surface area contributed by atoms with Crippen molar-refractivity contribution >= 4 is 24.0 Å². The molecule has 0 spiro atoms. The largest absolute Gasteiger partial charge is 0.492 e. The molecule has 0 heterocycles. The number of nitrogens with two attached hydrogens (primary N) is 1. The highest BCUT2D eigenvalue weighted by atomic mass is 16.6. The second kappa shape index (κ2) is 17.7. The molecule has 0 bridgehead atoms. The summed E-state index contributed by atoms with van der Waals surface area (Å²) >= 11 is 0. The molecule has 0 aromatic heterocycles. The molecule has 0 unspecified atom stereocenters. The molecule has 12 heteroatoms. The van der Waals surface area contributed by atoms with Crippen LogP contribution in [0, 0.1) is 0 Å². The summed E-state index contributed by atoms with van der Waals surface area (Å²) < 4.78 is 16.8. The van der Waals surface area contributed by atoms with Gasteiger partial charge in [-0.3, -0.25) is 9.59 Å². The van der Waals surface area contributed by atoms with Gasteiger partial charge < -0.3 is 41.2 Å². The molecule has 5 aromatic carbocycles. The smallest absolute Gasteiger partial charge is 0.407 e. The maximum Gasteiger partial charge on any atom is 0.407 e. The van der Waals surface area contributed by atoms with Gasteiger partial charge in [-0.2, -0.15) is 0 Å². The minimum Gasteiger partial charge on any atom is -0.492 e. The van der Waals surface area contributed by atoms with Gasteiger partial charge >= 0.3 is 12.2 Å². The Kier molecular flexibility index (Phi) is 11.9. The van der Waals surface area contributed by atoms with Crippen LogP contribution in [-0.2, 0) is 9.47 Å². The molecular weight excluding hydrogens is 711 g/mol. The monoisotopic (exact) mass is 753 g/mol. The number of amides is 4. The van der Waals surface area contributed by atoms with Crippen molar-refractivity contribution < 1.29 is 33.4 Å². The van der Waals surface area contributed by atoms with E-state index in [-0.39, 0.29) is 75.5 Å². The standard InChI is InChI=1S/C44H43N5O7/c45-17-22-54-30-24-28(41(50)46-18-20-48-43(52)55-26-39-35-13-5-1-9-31(35)32-10-2-6-14-36(32)39)23-29(25-30)42(51)47-19-21-49-44(53)56-27-40-37-15-7-3-11-33(37)34-12-4-8-16-38(34)40/h1-16,23-25,39-40H,17-22,26-27,45H2,(H,46,50)(H,47,51)(H,48,52)(H,49,53). The minimum atomic E-state index is -0.592. The van der Waals surface area contributed by atoms with Crippen LogP contribution in [0.3, 0.4) is 0 Å². The van der Waals surface area contributed by atoms with Gasteiger partial charge in [0, 0.05) is 55.7 Å². The van der Waals surface area contributed by atoms with Crippen molar-refractivity contribution in [3.05, 3.63) is 149 Å². The topological polar surface area (TPSA) is 170 Å². The number of nitrogens with one attached hydrogen (secondary N) is 4. The number of carbonyl (C=O) groups excluding carboxylic acids is 4. The van der Waals surface area contributed by atoms with E-state index < -0.39 is 24.0 Å². The number of carbonyl (C=O) groups is 4. The Balaban J connectivity index is 0.853. The fourth-order valence-electron chi connectivity index (χ4n) is 7.31. The first-order valence-electron chi connectivity index (χ1n) is 18.6. The first-order chi connectivity index (χ1) is 27.4. The lowest BCUT2D eigenvalue weighted by molar-refractivity contribution is 0.0950. The summed E-state index contributed by atoms with van der Waals surface area (Å²) in [5.74, 6) is -0.773. The number of rotatable bonds is 15. The van der Waals surface area contributed by atoms with Crippen molar-refractivity contribution in [2.45, 2.75) is 11.8 Å². The second-order valence-electron chi connectivity index (χ2n) is 13.4. The highest BCUT2D eigenvalue weighted by molar-refractivity contribution is 6.00. The van der Waals surface area contributed by atoms with Crippen molar-refractivity contribution in [1.82, 2.24) is 21.3 Å². The number of alkyl carbamates (subject to hydrolysis) is 2. The normalized spacial score (nSPS) is 12.4. The van der Waals surface area contributed by atoms with Crippen LogP contribution in [0.15, 0.2) is 115 Å². The number of fused-ring (bicyclic) bond motifs is 6. The van der Waals surface area contributed by atoms with Crippen molar-refractivity contribution in [3.8, 4) is 28.0 Å². The molecule has 4 amide bonds. The molecule has 5 aromatic rings. The number of hydrogen-bond donors (Lipinski definition) is 5. The van der Waals surface area contributed by atoms with Crippen LogP contribution in [0.25, 0.3) is 22.3 Å².